The van der Waals surface area contributed by atoms with Crippen molar-refractivity contribution in [2.75, 3.05) is 13.1 Å². The third kappa shape index (κ3) is 4.87. The van der Waals surface area contributed by atoms with Crippen molar-refractivity contribution in [2.24, 2.45) is 5.92 Å². The number of likely N-dealkylation sites (tertiary alicyclic amines) is 1. The van der Waals surface area contributed by atoms with Gasteiger partial charge in [0.2, 0.25) is 17.7 Å². The predicted molar refractivity (Wildman–Crippen MR) is 94.0 cm³/mol. The van der Waals surface area contributed by atoms with E-state index in [-0.39, 0.29) is 11.8 Å². The highest BCUT2D eigenvalue weighted by molar-refractivity contribution is 5.76. The monoisotopic (exact) mass is 342 g/mol. The van der Waals surface area contributed by atoms with Crippen LogP contribution in [-0.4, -0.2) is 39.1 Å². The van der Waals surface area contributed by atoms with E-state index in [9.17, 15) is 4.79 Å². The van der Waals surface area contributed by atoms with E-state index in [4.69, 9.17) is 4.42 Å². The Bertz CT molecular complexity index is 684. The molecular formula is C19H26N4O2. The lowest BCUT2D eigenvalue weighted by Crippen LogP contribution is -2.40. The minimum atomic E-state index is 0.176. The van der Waals surface area contributed by atoms with Gasteiger partial charge >= 0.3 is 0 Å². The highest BCUT2D eigenvalue weighted by Gasteiger charge is 2.24. The summed E-state index contributed by atoms with van der Waals surface area (Å²) < 4.78 is 5.58. The molecule has 6 nitrogen and oxygen atoms in total. The van der Waals surface area contributed by atoms with Crippen molar-refractivity contribution < 1.29 is 9.21 Å². The van der Waals surface area contributed by atoms with Crippen molar-refractivity contribution in [2.45, 2.75) is 51.9 Å². The van der Waals surface area contributed by atoms with Crippen molar-refractivity contribution in [3.63, 3.8) is 0 Å². The van der Waals surface area contributed by atoms with Gasteiger partial charge in [-0.05, 0) is 37.3 Å². The van der Waals surface area contributed by atoms with Gasteiger partial charge in [0.15, 0.2) is 0 Å². The summed E-state index contributed by atoms with van der Waals surface area (Å²) in [6, 6.07) is 6.01. The SMILES string of the molecule is CC(C)c1nnc(CCC(=O)N2CCCC(Cc3ccccn3)C2)o1. The molecule has 0 saturated carbocycles. The molecule has 2 aromatic rings. The number of pyridine rings is 1. The maximum Gasteiger partial charge on any atom is 0.223 e. The minimum Gasteiger partial charge on any atom is -0.425 e. The average Bonchev–Trinajstić information content (AvgIpc) is 3.10. The Morgan fingerprint density at radius 3 is 2.96 bits per heavy atom. The van der Waals surface area contributed by atoms with Crippen LogP contribution in [0.3, 0.4) is 0 Å². The number of carbonyl (C=O) groups excluding carboxylic acids is 1. The Balaban J connectivity index is 1.49. The van der Waals surface area contributed by atoms with Crippen molar-refractivity contribution in [3.05, 3.63) is 41.9 Å². The number of aromatic nitrogens is 3. The molecule has 1 aliphatic rings. The quantitative estimate of drug-likeness (QED) is 0.807. The molecule has 3 heterocycles. The van der Waals surface area contributed by atoms with Crippen LogP contribution in [0.1, 0.15) is 56.5 Å². The van der Waals surface area contributed by atoms with Crippen LogP contribution in [0.25, 0.3) is 0 Å². The summed E-state index contributed by atoms with van der Waals surface area (Å²) in [5.74, 6) is 2.07. The molecule has 0 spiro atoms. The molecule has 1 fully saturated rings. The molecule has 1 atom stereocenters. The van der Waals surface area contributed by atoms with E-state index in [0.29, 0.717) is 30.5 Å². The van der Waals surface area contributed by atoms with Crippen molar-refractivity contribution in [1.29, 1.82) is 0 Å². The summed E-state index contributed by atoms with van der Waals surface area (Å²) in [5.41, 5.74) is 1.11. The van der Waals surface area contributed by atoms with E-state index in [1.807, 2.05) is 37.1 Å². The number of aryl methyl sites for hydroxylation is 1. The van der Waals surface area contributed by atoms with Gasteiger partial charge in [-0.15, -0.1) is 10.2 Å². The lowest BCUT2D eigenvalue weighted by Gasteiger charge is -2.32. The van der Waals surface area contributed by atoms with Gasteiger partial charge < -0.3 is 9.32 Å². The standard InChI is InChI=1S/C19H26N4O2/c1-14(2)19-22-21-17(25-19)8-9-18(24)23-11-5-6-15(13-23)12-16-7-3-4-10-20-16/h3-4,7,10,14-15H,5-6,8-9,11-13H2,1-2H3. The zero-order chi connectivity index (χ0) is 17.6. The van der Waals surface area contributed by atoms with Crippen LogP contribution >= 0.6 is 0 Å². The van der Waals surface area contributed by atoms with E-state index in [0.717, 1.165) is 38.0 Å². The van der Waals surface area contributed by atoms with Crippen molar-refractivity contribution >= 4 is 5.91 Å². The van der Waals surface area contributed by atoms with Gasteiger partial charge in [-0.25, -0.2) is 0 Å². The maximum absolute atomic E-state index is 12.5. The third-order valence-electron chi connectivity index (χ3n) is 4.62. The first-order valence-electron chi connectivity index (χ1n) is 9.11. The van der Waals surface area contributed by atoms with Crippen LogP contribution in [0.15, 0.2) is 28.8 Å². The summed E-state index contributed by atoms with van der Waals surface area (Å²) in [6.45, 7) is 5.69. The Morgan fingerprint density at radius 1 is 1.36 bits per heavy atom. The van der Waals surface area contributed by atoms with Crippen LogP contribution in [0.4, 0.5) is 0 Å². The lowest BCUT2D eigenvalue weighted by molar-refractivity contribution is -0.133. The number of carbonyl (C=O) groups is 1. The second kappa shape index (κ2) is 8.23. The molecule has 2 aromatic heterocycles. The van der Waals surface area contributed by atoms with Gasteiger partial charge in [-0.2, -0.15) is 0 Å². The summed E-state index contributed by atoms with van der Waals surface area (Å²) in [4.78, 5) is 18.9. The van der Waals surface area contributed by atoms with Gasteiger partial charge in [0.05, 0.1) is 0 Å². The number of hydrogen-bond donors (Lipinski definition) is 0. The first kappa shape index (κ1) is 17.6. The molecule has 1 saturated heterocycles. The molecule has 0 aromatic carbocycles. The largest absolute Gasteiger partial charge is 0.425 e. The summed E-state index contributed by atoms with van der Waals surface area (Å²) >= 11 is 0. The fourth-order valence-corrected chi connectivity index (χ4v) is 3.25. The summed E-state index contributed by atoms with van der Waals surface area (Å²) in [5, 5.41) is 8.05. The lowest BCUT2D eigenvalue weighted by atomic mass is 9.93. The molecular weight excluding hydrogens is 316 g/mol. The van der Waals surface area contributed by atoms with Gasteiger partial charge in [0.1, 0.15) is 0 Å². The average molecular weight is 342 g/mol. The fourth-order valence-electron chi connectivity index (χ4n) is 3.25. The van der Waals surface area contributed by atoms with E-state index >= 15 is 0 Å². The minimum absolute atomic E-state index is 0.176. The van der Waals surface area contributed by atoms with Gasteiger partial charge in [-0.3, -0.25) is 9.78 Å². The molecule has 1 aliphatic heterocycles. The highest BCUT2D eigenvalue weighted by Crippen LogP contribution is 2.21. The molecule has 6 heteroatoms. The Morgan fingerprint density at radius 2 is 2.24 bits per heavy atom. The maximum atomic E-state index is 12.5. The smallest absolute Gasteiger partial charge is 0.223 e. The number of nitrogens with zero attached hydrogens (tertiary/aromatic N) is 4. The second-order valence-corrected chi connectivity index (χ2v) is 7.06. The molecule has 0 aliphatic carbocycles. The van der Waals surface area contributed by atoms with Crippen LogP contribution in [0.5, 0.6) is 0 Å². The van der Waals surface area contributed by atoms with Gasteiger partial charge in [-0.1, -0.05) is 19.9 Å². The Labute approximate surface area is 148 Å². The molecule has 134 valence electrons. The van der Waals surface area contributed by atoms with Crippen LogP contribution in [0, 0.1) is 5.92 Å². The molecule has 25 heavy (non-hydrogen) atoms. The zero-order valence-corrected chi connectivity index (χ0v) is 15.0. The molecule has 0 bridgehead atoms. The van der Waals surface area contributed by atoms with Crippen LogP contribution < -0.4 is 0 Å². The Hall–Kier alpha value is -2.24. The van der Waals surface area contributed by atoms with Gasteiger partial charge in [0, 0.05) is 43.7 Å². The van der Waals surface area contributed by atoms with Crippen LogP contribution in [-0.2, 0) is 17.6 Å². The van der Waals surface area contributed by atoms with Crippen molar-refractivity contribution in [3.8, 4) is 0 Å². The van der Waals surface area contributed by atoms with Crippen molar-refractivity contribution in [1.82, 2.24) is 20.1 Å². The van der Waals surface area contributed by atoms with E-state index in [2.05, 4.69) is 21.2 Å². The number of piperidine rings is 1. The third-order valence-corrected chi connectivity index (χ3v) is 4.62. The van der Waals surface area contributed by atoms with E-state index < -0.39 is 0 Å². The number of rotatable bonds is 6. The topological polar surface area (TPSA) is 72.1 Å². The highest BCUT2D eigenvalue weighted by atomic mass is 16.4. The molecule has 0 N–H and O–H groups in total. The molecule has 1 unspecified atom stereocenters. The van der Waals surface area contributed by atoms with Gasteiger partial charge in [0.25, 0.3) is 0 Å². The Kier molecular flexibility index (Phi) is 5.79. The first-order chi connectivity index (χ1) is 12.1. The van der Waals surface area contributed by atoms with E-state index in [1.165, 1.54) is 0 Å². The molecule has 0 radical (unpaired) electrons. The predicted octanol–water partition coefficient (Wildman–Crippen LogP) is 3.00. The molecule has 3 rings (SSSR count). The second-order valence-electron chi connectivity index (χ2n) is 7.06. The zero-order valence-electron chi connectivity index (χ0n) is 15.0. The number of amides is 1. The normalized spacial score (nSPS) is 17.9. The number of hydrogen-bond acceptors (Lipinski definition) is 5. The fraction of sp³-hybridized carbons (Fsp3) is 0.579. The van der Waals surface area contributed by atoms with Crippen LogP contribution in [0.2, 0.25) is 0 Å². The van der Waals surface area contributed by atoms with E-state index in [1.54, 1.807) is 0 Å². The molecule has 1 amide bonds. The first-order valence-corrected chi connectivity index (χ1v) is 9.11. The summed E-state index contributed by atoms with van der Waals surface area (Å²) in [6.07, 6.45) is 5.92. The summed E-state index contributed by atoms with van der Waals surface area (Å²) in [7, 11) is 0.